The van der Waals surface area contributed by atoms with Crippen molar-refractivity contribution in [2.45, 2.75) is 0 Å². The molecule has 0 saturated carbocycles. The summed E-state index contributed by atoms with van der Waals surface area (Å²) in [5.74, 6) is -1.16. The molecule has 0 aliphatic heterocycles. The molecule has 0 aliphatic rings. The fourth-order valence-electron chi connectivity index (χ4n) is 2.28. The minimum absolute atomic E-state index is 0. The number of hydrogen-bond donors (Lipinski definition) is 1. The number of carbonyl (C=O) groups is 1. The van der Waals surface area contributed by atoms with Crippen LogP contribution in [0.25, 0.3) is 22.4 Å². The molecule has 0 saturated heterocycles. The fourth-order valence-corrected chi connectivity index (χ4v) is 2.28. The molecule has 1 radical (unpaired) electrons. The van der Waals surface area contributed by atoms with Crippen molar-refractivity contribution in [3.63, 3.8) is 0 Å². The van der Waals surface area contributed by atoms with Crippen molar-refractivity contribution in [2.75, 3.05) is 0 Å². The third-order valence-electron chi connectivity index (χ3n) is 3.47. The first-order chi connectivity index (χ1) is 11.2. The minimum Gasteiger partial charge on any atom is -0.485 e. The van der Waals surface area contributed by atoms with Crippen LogP contribution in [0.15, 0.2) is 60.7 Å². The Balaban J connectivity index is 0.00000208. The van der Waals surface area contributed by atoms with E-state index >= 15 is 0 Å². The van der Waals surface area contributed by atoms with E-state index in [2.05, 4.69) is 11.2 Å². The van der Waals surface area contributed by atoms with Crippen LogP contribution < -0.4 is 0 Å². The zero-order valence-electron chi connectivity index (χ0n) is 12.6. The van der Waals surface area contributed by atoms with Crippen molar-refractivity contribution in [1.29, 1.82) is 5.26 Å². The average Bonchev–Trinajstić information content (AvgIpc) is 2.62. The maximum Gasteiger partial charge on any atom is 0.293 e. The normalized spacial score (nSPS) is 9.62. The molecule has 3 aromatic rings. The predicted octanol–water partition coefficient (Wildman–Crippen LogP) is 3.78. The Morgan fingerprint density at radius 2 is 1.58 bits per heavy atom. The summed E-state index contributed by atoms with van der Waals surface area (Å²) >= 11 is 0. The van der Waals surface area contributed by atoms with Gasteiger partial charge in [-0.15, -0.1) is 6.07 Å². The number of carboxylic acid groups (broad SMARTS) is 1. The number of pyridine rings is 1. The molecule has 1 heterocycles. The number of benzene rings is 2. The predicted molar refractivity (Wildman–Crippen MR) is 85.6 cm³/mol. The van der Waals surface area contributed by atoms with E-state index < -0.39 is 5.97 Å². The molecule has 0 spiro atoms. The smallest absolute Gasteiger partial charge is 0.293 e. The first-order valence-corrected chi connectivity index (χ1v) is 6.91. The summed E-state index contributed by atoms with van der Waals surface area (Å²) in [6, 6.07) is 20.8. The molecule has 0 amide bonds. The Bertz CT molecular complexity index is 901. The molecule has 0 atom stereocenters. The van der Waals surface area contributed by atoms with E-state index in [9.17, 15) is 4.79 Å². The number of nitrogens with zero attached hydrogens (tertiary/aromatic N) is 2. The SMILES string of the molecule is N#Cc1[c-]nc(-c2ccc(-c3ccccc3)cc2)cc1C(=O)O.[Y]. The maximum absolute atomic E-state index is 11.2. The van der Waals surface area contributed by atoms with Crippen LogP contribution in [0.2, 0.25) is 0 Å². The Hall–Kier alpha value is -2.35. The Morgan fingerprint density at radius 3 is 2.17 bits per heavy atom. The quantitative estimate of drug-likeness (QED) is 0.693. The number of carboxylic acids is 1. The van der Waals surface area contributed by atoms with Crippen LogP contribution in [0.1, 0.15) is 15.9 Å². The number of aromatic nitrogens is 1. The summed E-state index contributed by atoms with van der Waals surface area (Å²) < 4.78 is 0. The molecule has 4 nitrogen and oxygen atoms in total. The van der Waals surface area contributed by atoms with Gasteiger partial charge in [0.15, 0.2) is 0 Å². The first-order valence-electron chi connectivity index (χ1n) is 6.91. The van der Waals surface area contributed by atoms with Gasteiger partial charge < -0.3 is 10.1 Å². The third kappa shape index (κ3) is 3.76. The summed E-state index contributed by atoms with van der Waals surface area (Å²) in [5, 5.41) is 18.1. The van der Waals surface area contributed by atoms with Gasteiger partial charge in [0.25, 0.3) is 5.97 Å². The monoisotopic (exact) mass is 388 g/mol. The van der Waals surface area contributed by atoms with Crippen LogP contribution in [-0.2, 0) is 32.7 Å². The number of aromatic carboxylic acids is 1. The summed E-state index contributed by atoms with van der Waals surface area (Å²) in [5.41, 5.74) is 3.25. The van der Waals surface area contributed by atoms with Gasteiger partial charge in [-0.05, 0) is 45.8 Å². The van der Waals surface area contributed by atoms with Crippen LogP contribution >= 0.6 is 0 Å². The van der Waals surface area contributed by atoms with Crippen LogP contribution in [0.3, 0.4) is 0 Å². The van der Waals surface area contributed by atoms with E-state index in [1.165, 1.54) is 6.07 Å². The van der Waals surface area contributed by atoms with Crippen molar-refractivity contribution in [1.82, 2.24) is 4.98 Å². The van der Waals surface area contributed by atoms with Gasteiger partial charge in [0.05, 0.1) is 0 Å². The number of hydrogen-bond acceptors (Lipinski definition) is 3. The Morgan fingerprint density at radius 1 is 1.00 bits per heavy atom. The first kappa shape index (κ1) is 18.0. The molecular weight excluding hydrogens is 377 g/mol. The van der Waals surface area contributed by atoms with E-state index in [-0.39, 0.29) is 43.8 Å². The molecule has 5 heteroatoms. The molecule has 0 bridgehead atoms. The van der Waals surface area contributed by atoms with E-state index in [0.717, 1.165) is 16.7 Å². The van der Waals surface area contributed by atoms with Gasteiger partial charge in [-0.25, -0.2) is 0 Å². The largest absolute Gasteiger partial charge is 0.485 e. The van der Waals surface area contributed by atoms with Gasteiger partial charge in [-0.1, -0.05) is 54.6 Å². The van der Waals surface area contributed by atoms with Gasteiger partial charge in [0.1, 0.15) is 0 Å². The number of rotatable bonds is 3. The third-order valence-corrected chi connectivity index (χ3v) is 3.47. The molecule has 0 aliphatic carbocycles. The van der Waals surface area contributed by atoms with Crippen LogP contribution in [0.5, 0.6) is 0 Å². The van der Waals surface area contributed by atoms with Gasteiger partial charge in [0, 0.05) is 32.7 Å². The molecular formula is C19H11N2O2Y-. The Kier molecular flexibility index (Phi) is 5.97. The topological polar surface area (TPSA) is 74.0 Å². The van der Waals surface area contributed by atoms with Crippen molar-refractivity contribution >= 4 is 5.97 Å². The zero-order valence-corrected chi connectivity index (χ0v) is 15.4. The molecule has 113 valence electrons. The van der Waals surface area contributed by atoms with E-state index in [1.54, 1.807) is 6.07 Å². The van der Waals surface area contributed by atoms with E-state index in [0.29, 0.717) is 5.69 Å². The molecule has 0 unspecified atom stereocenters. The number of nitriles is 1. The molecule has 3 rings (SSSR count). The van der Waals surface area contributed by atoms with Crippen molar-refractivity contribution in [2.24, 2.45) is 0 Å². The van der Waals surface area contributed by atoms with Gasteiger partial charge >= 0.3 is 0 Å². The maximum atomic E-state index is 11.2. The van der Waals surface area contributed by atoms with Gasteiger partial charge in [0.2, 0.25) is 0 Å². The summed E-state index contributed by atoms with van der Waals surface area (Å²) in [4.78, 5) is 15.3. The molecule has 2 aromatic carbocycles. The van der Waals surface area contributed by atoms with Crippen molar-refractivity contribution in [3.05, 3.63) is 78.0 Å². The second-order valence-electron chi connectivity index (χ2n) is 4.90. The molecule has 24 heavy (non-hydrogen) atoms. The zero-order chi connectivity index (χ0) is 16.2. The summed E-state index contributed by atoms with van der Waals surface area (Å²) in [7, 11) is 0. The minimum atomic E-state index is -1.16. The molecule has 1 N–H and O–H groups in total. The van der Waals surface area contributed by atoms with Crippen LogP contribution in [0, 0.1) is 17.5 Å². The van der Waals surface area contributed by atoms with E-state index in [1.807, 2.05) is 54.6 Å². The average molecular weight is 388 g/mol. The van der Waals surface area contributed by atoms with E-state index in [4.69, 9.17) is 10.4 Å². The summed E-state index contributed by atoms with van der Waals surface area (Å²) in [6.45, 7) is 0. The standard InChI is InChI=1S/C19H11N2O2.Y/c20-11-16-12-21-18(10-17(16)19(22)23)15-8-6-14(7-9-15)13-4-2-1-3-5-13;/h1-10H,(H,22,23);/q-1;. The summed E-state index contributed by atoms with van der Waals surface area (Å²) in [6.07, 6.45) is 2.49. The van der Waals surface area contributed by atoms with Crippen LogP contribution in [-0.4, -0.2) is 16.1 Å². The fraction of sp³-hybridized carbons (Fsp3) is 0. The van der Waals surface area contributed by atoms with Crippen molar-refractivity contribution in [3.8, 4) is 28.5 Å². The van der Waals surface area contributed by atoms with Gasteiger partial charge in [-0.2, -0.15) is 0 Å². The second-order valence-corrected chi connectivity index (χ2v) is 4.90. The van der Waals surface area contributed by atoms with Crippen LogP contribution in [0.4, 0.5) is 0 Å². The molecule has 0 fully saturated rings. The molecule has 1 aromatic heterocycles. The van der Waals surface area contributed by atoms with Crippen molar-refractivity contribution < 1.29 is 42.6 Å². The second kappa shape index (κ2) is 7.96. The Labute approximate surface area is 164 Å². The van der Waals surface area contributed by atoms with Gasteiger partial charge in [-0.3, -0.25) is 10.1 Å².